The van der Waals surface area contributed by atoms with Gasteiger partial charge in [-0.1, -0.05) is 0 Å². The minimum absolute atomic E-state index is 0.245. The van der Waals surface area contributed by atoms with Crippen LogP contribution in [0.4, 0.5) is 8.78 Å². The SMILES string of the molecule is OC1CC(c2cc(F)ccc2F)N(CCCN2CCOCC2)C1. The molecule has 2 atom stereocenters. The summed E-state index contributed by atoms with van der Waals surface area (Å²) in [4.78, 5) is 4.43. The molecule has 23 heavy (non-hydrogen) atoms. The quantitative estimate of drug-likeness (QED) is 0.895. The predicted octanol–water partition coefficient (Wildman–Crippen LogP) is 1.79. The lowest BCUT2D eigenvalue weighted by Gasteiger charge is -2.29. The van der Waals surface area contributed by atoms with Crippen LogP contribution < -0.4 is 0 Å². The minimum atomic E-state index is -0.481. The lowest BCUT2D eigenvalue weighted by atomic mass is 10.0. The Morgan fingerprint density at radius 3 is 2.74 bits per heavy atom. The molecule has 2 saturated heterocycles. The van der Waals surface area contributed by atoms with Gasteiger partial charge in [0.1, 0.15) is 11.6 Å². The molecule has 2 heterocycles. The van der Waals surface area contributed by atoms with Gasteiger partial charge in [0.15, 0.2) is 0 Å². The smallest absolute Gasteiger partial charge is 0.128 e. The van der Waals surface area contributed by atoms with Crippen LogP contribution in [0.3, 0.4) is 0 Å². The van der Waals surface area contributed by atoms with E-state index in [2.05, 4.69) is 9.80 Å². The Balaban J connectivity index is 1.59. The summed E-state index contributed by atoms with van der Waals surface area (Å²) in [5.74, 6) is -0.834. The van der Waals surface area contributed by atoms with Crippen LogP contribution in [0.2, 0.25) is 0 Å². The maximum absolute atomic E-state index is 14.0. The number of likely N-dealkylation sites (tertiary alicyclic amines) is 1. The Morgan fingerprint density at radius 2 is 1.96 bits per heavy atom. The van der Waals surface area contributed by atoms with Crippen molar-refractivity contribution in [3.63, 3.8) is 0 Å². The normalized spacial score (nSPS) is 26.7. The van der Waals surface area contributed by atoms with Crippen LogP contribution in [0.25, 0.3) is 0 Å². The van der Waals surface area contributed by atoms with Crippen LogP contribution in [0.1, 0.15) is 24.4 Å². The highest BCUT2D eigenvalue weighted by Crippen LogP contribution is 2.34. The molecule has 0 aliphatic carbocycles. The molecule has 0 spiro atoms. The number of hydrogen-bond donors (Lipinski definition) is 1. The lowest BCUT2D eigenvalue weighted by molar-refractivity contribution is 0.0357. The zero-order chi connectivity index (χ0) is 16.2. The van der Waals surface area contributed by atoms with Crippen LogP contribution in [-0.4, -0.2) is 66.9 Å². The summed E-state index contributed by atoms with van der Waals surface area (Å²) in [6, 6.07) is 3.31. The molecule has 2 unspecified atom stereocenters. The first kappa shape index (κ1) is 16.8. The van der Waals surface area contributed by atoms with Crippen molar-refractivity contribution in [2.24, 2.45) is 0 Å². The fraction of sp³-hybridized carbons (Fsp3) is 0.647. The van der Waals surface area contributed by atoms with Gasteiger partial charge in [0.05, 0.1) is 19.3 Å². The van der Waals surface area contributed by atoms with E-state index >= 15 is 0 Å². The highest BCUT2D eigenvalue weighted by molar-refractivity contribution is 5.23. The van der Waals surface area contributed by atoms with Crippen molar-refractivity contribution in [2.75, 3.05) is 45.9 Å². The molecule has 0 saturated carbocycles. The van der Waals surface area contributed by atoms with Gasteiger partial charge in [-0.05, 0) is 37.6 Å². The summed E-state index contributed by atoms with van der Waals surface area (Å²) in [6.07, 6.45) is 0.920. The van der Waals surface area contributed by atoms with Crippen molar-refractivity contribution in [1.29, 1.82) is 0 Å². The molecule has 128 valence electrons. The number of ether oxygens (including phenoxy) is 1. The third-order valence-corrected chi connectivity index (χ3v) is 4.72. The fourth-order valence-corrected chi connectivity index (χ4v) is 3.54. The number of nitrogens with zero attached hydrogens (tertiary/aromatic N) is 2. The van der Waals surface area contributed by atoms with Crippen LogP contribution in [0.15, 0.2) is 18.2 Å². The Kier molecular flexibility index (Phi) is 5.58. The van der Waals surface area contributed by atoms with Gasteiger partial charge in [0, 0.05) is 37.8 Å². The van der Waals surface area contributed by atoms with Crippen molar-refractivity contribution >= 4 is 0 Å². The van der Waals surface area contributed by atoms with Gasteiger partial charge in [0.25, 0.3) is 0 Å². The molecule has 6 heteroatoms. The minimum Gasteiger partial charge on any atom is -0.392 e. The number of hydrogen-bond acceptors (Lipinski definition) is 4. The maximum atomic E-state index is 14.0. The molecule has 0 bridgehead atoms. The molecule has 1 aromatic rings. The van der Waals surface area contributed by atoms with Crippen LogP contribution in [0, 0.1) is 11.6 Å². The Bertz CT molecular complexity index is 523. The van der Waals surface area contributed by atoms with Gasteiger partial charge in [-0.25, -0.2) is 8.78 Å². The number of aliphatic hydroxyl groups is 1. The summed E-state index contributed by atoms with van der Waals surface area (Å²) in [7, 11) is 0. The molecule has 1 N–H and O–H groups in total. The Labute approximate surface area is 135 Å². The van der Waals surface area contributed by atoms with E-state index in [1.165, 1.54) is 12.1 Å². The Morgan fingerprint density at radius 1 is 1.17 bits per heavy atom. The summed E-state index contributed by atoms with van der Waals surface area (Å²) >= 11 is 0. The van der Waals surface area contributed by atoms with Crippen molar-refractivity contribution < 1.29 is 18.6 Å². The van der Waals surface area contributed by atoms with E-state index in [1.54, 1.807) is 0 Å². The second-order valence-electron chi connectivity index (χ2n) is 6.37. The van der Waals surface area contributed by atoms with E-state index in [9.17, 15) is 13.9 Å². The van der Waals surface area contributed by atoms with Crippen molar-refractivity contribution in [2.45, 2.75) is 25.0 Å². The number of β-amino-alcohol motifs (C(OH)–C–C–N with tert-alkyl or cyclic N) is 1. The van der Waals surface area contributed by atoms with E-state index in [-0.39, 0.29) is 6.04 Å². The molecule has 2 aliphatic heterocycles. The van der Waals surface area contributed by atoms with Gasteiger partial charge in [0.2, 0.25) is 0 Å². The highest BCUT2D eigenvalue weighted by atomic mass is 19.1. The molecule has 4 nitrogen and oxygen atoms in total. The number of benzene rings is 1. The van der Waals surface area contributed by atoms with Gasteiger partial charge in [-0.15, -0.1) is 0 Å². The molecular weight excluding hydrogens is 302 g/mol. The van der Waals surface area contributed by atoms with E-state index in [0.717, 1.165) is 51.9 Å². The molecule has 0 aromatic heterocycles. The molecule has 0 radical (unpaired) electrons. The average molecular weight is 326 g/mol. The molecule has 0 amide bonds. The predicted molar refractivity (Wildman–Crippen MR) is 83.2 cm³/mol. The zero-order valence-corrected chi connectivity index (χ0v) is 13.3. The van der Waals surface area contributed by atoms with E-state index in [0.29, 0.717) is 18.5 Å². The second kappa shape index (κ2) is 7.66. The molecule has 1 aromatic carbocycles. The van der Waals surface area contributed by atoms with Gasteiger partial charge in [-0.3, -0.25) is 9.80 Å². The first-order chi connectivity index (χ1) is 11.1. The first-order valence-electron chi connectivity index (χ1n) is 8.30. The molecular formula is C17H24F2N2O2. The third-order valence-electron chi connectivity index (χ3n) is 4.72. The summed E-state index contributed by atoms with van der Waals surface area (Å²) in [5, 5.41) is 9.95. The second-order valence-corrected chi connectivity index (χ2v) is 6.37. The topological polar surface area (TPSA) is 35.9 Å². The van der Waals surface area contributed by atoms with E-state index in [1.807, 2.05) is 0 Å². The standard InChI is InChI=1S/C17H24F2N2O2/c18-13-2-3-16(19)15(10-13)17-11-14(22)12-21(17)5-1-4-20-6-8-23-9-7-20/h2-3,10,14,17,22H,1,4-9,11-12H2. The first-order valence-corrected chi connectivity index (χ1v) is 8.30. The molecule has 2 fully saturated rings. The fourth-order valence-electron chi connectivity index (χ4n) is 3.54. The summed E-state index contributed by atoms with van der Waals surface area (Å²) < 4.78 is 32.8. The Hall–Kier alpha value is -1.08. The number of aliphatic hydroxyl groups excluding tert-OH is 1. The molecule has 2 aliphatic rings. The van der Waals surface area contributed by atoms with Crippen molar-refractivity contribution in [3.8, 4) is 0 Å². The summed E-state index contributed by atoms with van der Waals surface area (Å²) in [6.45, 7) is 5.71. The number of morpholine rings is 1. The van der Waals surface area contributed by atoms with E-state index in [4.69, 9.17) is 4.74 Å². The van der Waals surface area contributed by atoms with Gasteiger partial charge in [-0.2, -0.15) is 0 Å². The monoisotopic (exact) mass is 326 g/mol. The van der Waals surface area contributed by atoms with Crippen LogP contribution >= 0.6 is 0 Å². The third kappa shape index (κ3) is 4.26. The average Bonchev–Trinajstić information content (AvgIpc) is 2.91. The van der Waals surface area contributed by atoms with Crippen LogP contribution in [0.5, 0.6) is 0 Å². The van der Waals surface area contributed by atoms with Crippen molar-refractivity contribution in [3.05, 3.63) is 35.4 Å². The largest absolute Gasteiger partial charge is 0.392 e. The highest BCUT2D eigenvalue weighted by Gasteiger charge is 2.33. The summed E-state index contributed by atoms with van der Waals surface area (Å²) in [5.41, 5.74) is 0.355. The maximum Gasteiger partial charge on any atom is 0.128 e. The lowest BCUT2D eigenvalue weighted by Crippen LogP contribution is -2.38. The zero-order valence-electron chi connectivity index (χ0n) is 13.3. The number of halogens is 2. The van der Waals surface area contributed by atoms with E-state index < -0.39 is 17.7 Å². The van der Waals surface area contributed by atoms with Gasteiger partial charge >= 0.3 is 0 Å². The van der Waals surface area contributed by atoms with Crippen LogP contribution in [-0.2, 0) is 4.74 Å². The van der Waals surface area contributed by atoms with Crippen molar-refractivity contribution in [1.82, 2.24) is 9.80 Å². The van der Waals surface area contributed by atoms with Gasteiger partial charge < -0.3 is 9.84 Å². The number of rotatable bonds is 5. The molecule has 3 rings (SSSR count).